The van der Waals surface area contributed by atoms with Crippen LogP contribution >= 0.6 is 0 Å². The van der Waals surface area contributed by atoms with Crippen molar-refractivity contribution in [1.82, 2.24) is 15.3 Å². The van der Waals surface area contributed by atoms with Gasteiger partial charge in [0.1, 0.15) is 11.6 Å². The molecule has 0 aliphatic heterocycles. The van der Waals surface area contributed by atoms with E-state index in [4.69, 9.17) is 11.2 Å². The van der Waals surface area contributed by atoms with Crippen molar-refractivity contribution in [3.63, 3.8) is 0 Å². The maximum Gasteiger partial charge on any atom is 0.253 e. The van der Waals surface area contributed by atoms with Crippen LogP contribution < -0.4 is 20.7 Å². The number of hydrogen-bond donors (Lipinski definition) is 3. The second-order valence-electron chi connectivity index (χ2n) is 8.62. The first-order valence-corrected chi connectivity index (χ1v) is 11.2. The molecule has 0 saturated carbocycles. The van der Waals surface area contributed by atoms with Crippen molar-refractivity contribution in [2.75, 3.05) is 10.6 Å². The molecule has 2 aromatic carbocycles. The van der Waals surface area contributed by atoms with Crippen LogP contribution in [0.1, 0.15) is 54.7 Å². The topological polar surface area (TPSA) is 88.2 Å². The average molecular weight is 458 g/mol. The molecular formula is C27H31N5O2. The van der Waals surface area contributed by atoms with Gasteiger partial charge in [-0.15, -0.1) is 6.42 Å². The molecule has 0 saturated heterocycles. The van der Waals surface area contributed by atoms with Gasteiger partial charge in [-0.2, -0.15) is 4.98 Å². The molecule has 0 bridgehead atoms. The van der Waals surface area contributed by atoms with E-state index in [9.17, 15) is 4.79 Å². The molecule has 1 aromatic heterocycles. The van der Waals surface area contributed by atoms with Gasteiger partial charge in [0.05, 0.1) is 23.0 Å². The smallest absolute Gasteiger partial charge is 0.253 e. The largest absolute Gasteiger partial charge is 0.489 e. The van der Waals surface area contributed by atoms with Crippen molar-refractivity contribution in [3.05, 3.63) is 64.8 Å². The molecule has 0 radical (unpaired) electrons. The molecule has 0 aliphatic carbocycles. The Morgan fingerprint density at radius 3 is 2.44 bits per heavy atom. The quantitative estimate of drug-likeness (QED) is 0.388. The molecule has 176 valence electrons. The van der Waals surface area contributed by atoms with E-state index in [0.29, 0.717) is 34.5 Å². The number of ether oxygens (including phenoxy) is 1. The van der Waals surface area contributed by atoms with E-state index in [-0.39, 0.29) is 18.1 Å². The Kier molecular flexibility index (Phi) is 7.75. The molecule has 34 heavy (non-hydrogen) atoms. The maximum atomic E-state index is 12.6. The Bertz CT molecular complexity index is 1230. The van der Waals surface area contributed by atoms with Gasteiger partial charge in [0.15, 0.2) is 0 Å². The normalized spacial score (nSPS) is 10.7. The lowest BCUT2D eigenvalue weighted by Crippen LogP contribution is -2.30. The van der Waals surface area contributed by atoms with Gasteiger partial charge >= 0.3 is 0 Å². The first-order valence-electron chi connectivity index (χ1n) is 11.2. The number of anilines is 4. The second kappa shape index (κ2) is 10.7. The van der Waals surface area contributed by atoms with E-state index < -0.39 is 0 Å². The van der Waals surface area contributed by atoms with Gasteiger partial charge in [0, 0.05) is 23.4 Å². The van der Waals surface area contributed by atoms with E-state index >= 15 is 0 Å². The predicted octanol–water partition coefficient (Wildman–Crippen LogP) is 5.49. The molecule has 0 unspecified atom stereocenters. The molecule has 7 nitrogen and oxygen atoms in total. The molecule has 0 spiro atoms. The molecule has 3 rings (SSSR count). The highest BCUT2D eigenvalue weighted by molar-refractivity contribution is 6.00. The molecule has 1 heterocycles. The third-order valence-electron chi connectivity index (χ3n) is 4.91. The van der Waals surface area contributed by atoms with Crippen molar-refractivity contribution in [2.24, 2.45) is 0 Å². The number of aromatic nitrogens is 2. The fourth-order valence-electron chi connectivity index (χ4n) is 3.29. The Balaban J connectivity index is 1.94. The van der Waals surface area contributed by atoms with Gasteiger partial charge in [0.2, 0.25) is 5.95 Å². The lowest BCUT2D eigenvalue weighted by Gasteiger charge is -2.18. The SMILES string of the molecule is C#Cc1cc(Nc2ncc(C)c(Nc3ccccc3C(=O)NC(C)C)n2)c(OC(C)C)cc1C. The Hall–Kier alpha value is -4.05. The standard InChI is InChI=1S/C27H31N5O2/c1-8-20-14-23(24(13-18(20)6)34-17(4)5)31-27-28-15-19(7)25(32-27)30-22-12-10-9-11-21(22)26(33)29-16(2)3/h1,9-17H,2-7H3,(H,29,33)(H2,28,30,31,32). The van der Waals surface area contributed by atoms with Gasteiger partial charge in [-0.3, -0.25) is 4.79 Å². The summed E-state index contributed by atoms with van der Waals surface area (Å²) in [6.07, 6.45) is 7.37. The van der Waals surface area contributed by atoms with Gasteiger partial charge in [0.25, 0.3) is 5.91 Å². The first kappa shape index (κ1) is 24.6. The van der Waals surface area contributed by atoms with Crippen LogP contribution in [0.5, 0.6) is 5.75 Å². The second-order valence-corrected chi connectivity index (χ2v) is 8.62. The Morgan fingerprint density at radius 1 is 1.03 bits per heavy atom. The Labute approximate surface area is 201 Å². The number of nitrogens with one attached hydrogen (secondary N) is 3. The summed E-state index contributed by atoms with van der Waals surface area (Å²) in [6, 6.07) is 11.1. The van der Waals surface area contributed by atoms with Crippen LogP contribution in [0, 0.1) is 26.2 Å². The number of amides is 1. The van der Waals surface area contributed by atoms with Gasteiger partial charge in [-0.05, 0) is 71.4 Å². The van der Waals surface area contributed by atoms with E-state index in [0.717, 1.165) is 16.7 Å². The van der Waals surface area contributed by atoms with Crippen LogP contribution in [0.2, 0.25) is 0 Å². The molecule has 0 fully saturated rings. The molecule has 3 aromatic rings. The third kappa shape index (κ3) is 6.04. The minimum absolute atomic E-state index is 0.0127. The van der Waals surface area contributed by atoms with Crippen LogP contribution in [0.15, 0.2) is 42.6 Å². The van der Waals surface area contributed by atoms with Crippen LogP contribution in [0.3, 0.4) is 0 Å². The van der Waals surface area contributed by atoms with Crippen molar-refractivity contribution >= 4 is 29.0 Å². The van der Waals surface area contributed by atoms with E-state index in [1.165, 1.54) is 0 Å². The molecule has 3 N–H and O–H groups in total. The van der Waals surface area contributed by atoms with E-state index in [1.54, 1.807) is 12.3 Å². The minimum Gasteiger partial charge on any atom is -0.489 e. The summed E-state index contributed by atoms with van der Waals surface area (Å²) in [5, 5.41) is 9.45. The zero-order chi connectivity index (χ0) is 24.8. The summed E-state index contributed by atoms with van der Waals surface area (Å²) < 4.78 is 5.97. The van der Waals surface area contributed by atoms with E-state index in [2.05, 4.69) is 31.8 Å². The molecule has 0 atom stereocenters. The lowest BCUT2D eigenvalue weighted by molar-refractivity contribution is 0.0944. The number of carbonyl (C=O) groups is 1. The number of carbonyl (C=O) groups excluding carboxylic acids is 1. The van der Waals surface area contributed by atoms with Gasteiger partial charge in [-0.1, -0.05) is 18.1 Å². The number of hydrogen-bond acceptors (Lipinski definition) is 6. The van der Waals surface area contributed by atoms with Crippen molar-refractivity contribution < 1.29 is 9.53 Å². The highest BCUT2D eigenvalue weighted by atomic mass is 16.5. The molecule has 0 aliphatic rings. The predicted molar refractivity (Wildman–Crippen MR) is 137 cm³/mol. The maximum absolute atomic E-state index is 12.6. The monoisotopic (exact) mass is 457 g/mol. The van der Waals surface area contributed by atoms with Crippen molar-refractivity contribution in [3.8, 4) is 18.1 Å². The minimum atomic E-state index is -0.153. The van der Waals surface area contributed by atoms with Gasteiger partial charge in [-0.25, -0.2) is 4.98 Å². The van der Waals surface area contributed by atoms with Gasteiger partial charge < -0.3 is 20.7 Å². The summed E-state index contributed by atoms with van der Waals surface area (Å²) in [4.78, 5) is 21.7. The molecule has 1 amide bonds. The molecular weight excluding hydrogens is 426 g/mol. The van der Waals surface area contributed by atoms with Crippen molar-refractivity contribution in [1.29, 1.82) is 0 Å². The summed E-state index contributed by atoms with van der Waals surface area (Å²) in [5.41, 5.74) is 4.41. The summed E-state index contributed by atoms with van der Waals surface area (Å²) in [7, 11) is 0. The zero-order valence-corrected chi connectivity index (χ0v) is 20.5. The molecule has 7 heteroatoms. The fraction of sp³-hybridized carbons (Fsp3) is 0.296. The first-order chi connectivity index (χ1) is 16.2. The highest BCUT2D eigenvalue weighted by Gasteiger charge is 2.15. The fourth-order valence-corrected chi connectivity index (χ4v) is 3.29. The highest BCUT2D eigenvalue weighted by Crippen LogP contribution is 2.32. The van der Waals surface area contributed by atoms with Crippen LogP contribution in [0.4, 0.5) is 23.1 Å². The number of rotatable bonds is 8. The summed E-state index contributed by atoms with van der Waals surface area (Å²) >= 11 is 0. The lowest BCUT2D eigenvalue weighted by atomic mass is 10.1. The number of para-hydroxylation sites is 1. The Morgan fingerprint density at radius 2 is 1.76 bits per heavy atom. The third-order valence-corrected chi connectivity index (χ3v) is 4.91. The number of aryl methyl sites for hydroxylation is 2. The average Bonchev–Trinajstić information content (AvgIpc) is 2.77. The van der Waals surface area contributed by atoms with E-state index in [1.807, 2.05) is 71.9 Å². The van der Waals surface area contributed by atoms with Crippen LogP contribution in [-0.4, -0.2) is 28.0 Å². The summed E-state index contributed by atoms with van der Waals surface area (Å²) in [6.45, 7) is 11.6. The number of nitrogens with zero attached hydrogens (tertiary/aromatic N) is 2. The number of terminal acetylenes is 1. The van der Waals surface area contributed by atoms with Crippen molar-refractivity contribution in [2.45, 2.75) is 53.7 Å². The van der Waals surface area contributed by atoms with Crippen LogP contribution in [0.25, 0.3) is 0 Å². The number of benzene rings is 2. The summed E-state index contributed by atoms with van der Waals surface area (Å²) in [5.74, 6) is 4.17. The zero-order valence-electron chi connectivity index (χ0n) is 20.5. The van der Waals surface area contributed by atoms with Crippen LogP contribution in [-0.2, 0) is 0 Å².